The number of benzene rings is 1. The Labute approximate surface area is 173 Å². The Bertz CT molecular complexity index is 1040. The number of aryl methyl sites for hydroxylation is 1. The maximum atomic E-state index is 11.0. The van der Waals surface area contributed by atoms with Gasteiger partial charge in [0.05, 0.1) is 5.69 Å². The Morgan fingerprint density at radius 3 is 2.50 bits per heavy atom. The summed E-state index contributed by atoms with van der Waals surface area (Å²) >= 11 is 0. The maximum Gasteiger partial charge on any atom is 0.410 e. The minimum Gasteiger partial charge on any atom is -0.465 e. The van der Waals surface area contributed by atoms with Crippen LogP contribution in [0.5, 0.6) is 0 Å². The molecule has 10 nitrogen and oxygen atoms in total. The monoisotopic (exact) mass is 409 g/mol. The number of nitrogens with one attached hydrogen (secondary N) is 1. The summed E-state index contributed by atoms with van der Waals surface area (Å²) in [5, 5.41) is 27.3. The molecular formula is C20H23N7O3. The van der Waals surface area contributed by atoms with Gasteiger partial charge in [-0.25, -0.2) is 14.5 Å². The van der Waals surface area contributed by atoms with E-state index in [1.807, 2.05) is 51.1 Å². The highest BCUT2D eigenvalue weighted by Gasteiger charge is 2.31. The first-order valence-electron chi connectivity index (χ1n) is 9.24. The summed E-state index contributed by atoms with van der Waals surface area (Å²) in [6, 6.07) is 14.5. The Balaban J connectivity index is 2.00. The number of hydrogen-bond donors (Lipinski definition) is 2. The van der Waals surface area contributed by atoms with Crippen LogP contribution in [-0.2, 0) is 11.9 Å². The van der Waals surface area contributed by atoms with E-state index in [4.69, 9.17) is 9.94 Å². The third-order valence-electron chi connectivity index (χ3n) is 4.19. The summed E-state index contributed by atoms with van der Waals surface area (Å²) in [5.41, 5.74) is 1.41. The number of oxime groups is 1. The quantitative estimate of drug-likeness (QED) is 0.472. The second-order valence-electron chi connectivity index (χ2n) is 7.66. The number of aromatic nitrogens is 5. The lowest BCUT2D eigenvalue weighted by Gasteiger charge is -2.28. The van der Waals surface area contributed by atoms with Crippen molar-refractivity contribution in [2.45, 2.75) is 26.9 Å². The van der Waals surface area contributed by atoms with Crippen molar-refractivity contribution in [2.24, 2.45) is 17.6 Å². The Kier molecular flexibility index (Phi) is 6.05. The molecule has 2 aromatic heterocycles. The molecule has 1 aromatic carbocycles. The lowest BCUT2D eigenvalue weighted by Crippen LogP contribution is -2.23. The van der Waals surface area contributed by atoms with Crippen LogP contribution in [0.2, 0.25) is 0 Å². The molecule has 156 valence electrons. The molecule has 0 fully saturated rings. The topological polar surface area (TPSA) is 127 Å². The van der Waals surface area contributed by atoms with E-state index >= 15 is 0 Å². The van der Waals surface area contributed by atoms with Gasteiger partial charge < -0.3 is 9.94 Å². The summed E-state index contributed by atoms with van der Waals surface area (Å²) in [5.74, 6) is 0.658. The second kappa shape index (κ2) is 8.68. The van der Waals surface area contributed by atoms with Crippen molar-refractivity contribution in [3.05, 3.63) is 65.6 Å². The second-order valence-corrected chi connectivity index (χ2v) is 7.66. The van der Waals surface area contributed by atoms with Crippen LogP contribution in [0.4, 0.5) is 10.6 Å². The van der Waals surface area contributed by atoms with Gasteiger partial charge in [-0.2, -0.15) is 0 Å². The van der Waals surface area contributed by atoms with Crippen LogP contribution in [0, 0.1) is 5.41 Å². The number of amides is 1. The molecule has 0 aliphatic rings. The van der Waals surface area contributed by atoms with E-state index in [0.29, 0.717) is 17.2 Å². The fourth-order valence-electron chi connectivity index (χ4n) is 2.79. The zero-order valence-corrected chi connectivity index (χ0v) is 17.1. The molecule has 1 atom stereocenters. The zero-order valence-electron chi connectivity index (χ0n) is 17.1. The fraction of sp³-hybridized carbons (Fsp3) is 0.300. The molecule has 30 heavy (non-hydrogen) atoms. The third-order valence-corrected chi connectivity index (χ3v) is 4.19. The van der Waals surface area contributed by atoms with E-state index in [0.717, 1.165) is 5.56 Å². The number of tetrazole rings is 1. The SMILES string of the molecule is Cn1nnnc1C(=NOC(c1cccc(NC(=O)O)n1)C(C)(C)C)c1ccccc1. The highest BCUT2D eigenvalue weighted by molar-refractivity contribution is 6.10. The van der Waals surface area contributed by atoms with E-state index in [2.05, 4.69) is 31.0 Å². The Morgan fingerprint density at radius 1 is 1.17 bits per heavy atom. The maximum absolute atomic E-state index is 11.0. The van der Waals surface area contributed by atoms with Crippen molar-refractivity contribution in [2.75, 3.05) is 5.32 Å². The van der Waals surface area contributed by atoms with Gasteiger partial charge in [0.1, 0.15) is 5.82 Å². The average molecular weight is 409 g/mol. The number of anilines is 1. The summed E-state index contributed by atoms with van der Waals surface area (Å²) < 4.78 is 1.51. The van der Waals surface area contributed by atoms with Crippen LogP contribution in [0.1, 0.15) is 44.0 Å². The number of hydrogen-bond acceptors (Lipinski definition) is 7. The molecule has 0 bridgehead atoms. The standard InChI is InChI=1S/C20H23N7O3/c1-20(2,3)17(14-11-8-12-15(21-14)22-19(28)29)30-24-16(13-9-6-5-7-10-13)18-23-25-26-27(18)4/h5-12,17H,1-4H3,(H,21,22)(H,28,29). The van der Waals surface area contributed by atoms with Crippen molar-refractivity contribution in [3.63, 3.8) is 0 Å². The predicted octanol–water partition coefficient (Wildman–Crippen LogP) is 3.25. The number of pyridine rings is 1. The van der Waals surface area contributed by atoms with Crippen LogP contribution in [-0.4, -0.2) is 42.1 Å². The van der Waals surface area contributed by atoms with Crippen LogP contribution < -0.4 is 5.32 Å². The average Bonchev–Trinajstić information content (AvgIpc) is 3.10. The highest BCUT2D eigenvalue weighted by Crippen LogP contribution is 2.36. The van der Waals surface area contributed by atoms with Crippen molar-refractivity contribution in [1.29, 1.82) is 0 Å². The van der Waals surface area contributed by atoms with Crippen LogP contribution in [0.15, 0.2) is 53.7 Å². The molecule has 1 unspecified atom stereocenters. The summed E-state index contributed by atoms with van der Waals surface area (Å²) in [6.45, 7) is 5.95. The molecule has 0 aliphatic heterocycles. The molecule has 0 saturated heterocycles. The Morgan fingerprint density at radius 2 is 1.90 bits per heavy atom. The number of rotatable bonds is 6. The first-order valence-corrected chi connectivity index (χ1v) is 9.24. The normalized spacial score (nSPS) is 13.0. The molecule has 10 heteroatoms. The smallest absolute Gasteiger partial charge is 0.410 e. The number of carboxylic acid groups (broad SMARTS) is 1. The van der Waals surface area contributed by atoms with Gasteiger partial charge in [-0.3, -0.25) is 5.32 Å². The van der Waals surface area contributed by atoms with Crippen molar-refractivity contribution < 1.29 is 14.7 Å². The summed E-state index contributed by atoms with van der Waals surface area (Å²) in [6.07, 6.45) is -1.75. The van der Waals surface area contributed by atoms with Gasteiger partial charge in [-0.1, -0.05) is 62.3 Å². The fourth-order valence-corrected chi connectivity index (χ4v) is 2.79. The molecule has 3 aromatic rings. The minimum absolute atomic E-state index is 0.211. The first kappa shape index (κ1) is 20.9. The van der Waals surface area contributed by atoms with Crippen LogP contribution >= 0.6 is 0 Å². The van der Waals surface area contributed by atoms with E-state index in [-0.39, 0.29) is 5.82 Å². The molecule has 0 spiro atoms. The van der Waals surface area contributed by atoms with Crippen molar-refractivity contribution in [3.8, 4) is 0 Å². The molecule has 0 aliphatic carbocycles. The molecule has 2 N–H and O–H groups in total. The molecule has 0 saturated carbocycles. The molecular weight excluding hydrogens is 386 g/mol. The van der Waals surface area contributed by atoms with Gasteiger partial charge in [0, 0.05) is 18.0 Å². The predicted molar refractivity (Wildman–Crippen MR) is 110 cm³/mol. The van der Waals surface area contributed by atoms with E-state index in [1.54, 1.807) is 25.2 Å². The van der Waals surface area contributed by atoms with E-state index in [1.165, 1.54) is 4.68 Å². The lowest BCUT2D eigenvalue weighted by atomic mass is 9.87. The van der Waals surface area contributed by atoms with Gasteiger partial charge in [0.2, 0.25) is 5.82 Å². The van der Waals surface area contributed by atoms with Gasteiger partial charge in [0.15, 0.2) is 11.8 Å². The molecule has 1 amide bonds. The van der Waals surface area contributed by atoms with Crippen molar-refractivity contribution in [1.82, 2.24) is 25.2 Å². The Hall–Kier alpha value is -3.82. The third kappa shape index (κ3) is 4.96. The van der Waals surface area contributed by atoms with E-state index < -0.39 is 17.6 Å². The number of carbonyl (C=O) groups is 1. The van der Waals surface area contributed by atoms with Gasteiger partial charge in [0.25, 0.3) is 0 Å². The minimum atomic E-state index is -1.19. The zero-order chi connectivity index (χ0) is 21.7. The van der Waals surface area contributed by atoms with Crippen molar-refractivity contribution >= 4 is 17.6 Å². The molecule has 3 rings (SSSR count). The van der Waals surface area contributed by atoms with Gasteiger partial charge >= 0.3 is 6.09 Å². The highest BCUT2D eigenvalue weighted by atomic mass is 16.6. The van der Waals surface area contributed by atoms with Crippen LogP contribution in [0.25, 0.3) is 0 Å². The number of nitrogens with zero attached hydrogens (tertiary/aromatic N) is 6. The summed E-state index contributed by atoms with van der Waals surface area (Å²) in [4.78, 5) is 21.3. The largest absolute Gasteiger partial charge is 0.465 e. The van der Waals surface area contributed by atoms with E-state index in [9.17, 15) is 4.79 Å². The van der Waals surface area contributed by atoms with Gasteiger partial charge in [-0.05, 0) is 22.6 Å². The van der Waals surface area contributed by atoms with Crippen LogP contribution in [0.3, 0.4) is 0 Å². The molecule has 2 heterocycles. The first-order chi connectivity index (χ1) is 14.3. The summed E-state index contributed by atoms with van der Waals surface area (Å²) in [7, 11) is 1.72. The molecule has 0 radical (unpaired) electrons. The van der Waals surface area contributed by atoms with Gasteiger partial charge in [-0.15, -0.1) is 5.10 Å². The lowest BCUT2D eigenvalue weighted by molar-refractivity contribution is -0.0196.